The molecule has 2 aromatic rings. The van der Waals surface area contributed by atoms with E-state index in [4.69, 9.17) is 4.74 Å². The van der Waals surface area contributed by atoms with Gasteiger partial charge in [0.15, 0.2) is 0 Å². The fourth-order valence-corrected chi connectivity index (χ4v) is 1.67. The number of aryl methyl sites for hydroxylation is 1. The van der Waals surface area contributed by atoms with E-state index in [1.54, 1.807) is 19.1 Å². The molecule has 0 atom stereocenters. The summed E-state index contributed by atoms with van der Waals surface area (Å²) in [5.74, 6) is 0.0953. The monoisotopic (exact) mass is 267 g/mol. The Morgan fingerprint density at radius 3 is 2.35 bits per heavy atom. The summed E-state index contributed by atoms with van der Waals surface area (Å²) in [6, 6.07) is 15.3. The lowest BCUT2D eigenvalue weighted by Crippen LogP contribution is -2.07. The van der Waals surface area contributed by atoms with Crippen LogP contribution in [-0.4, -0.2) is 5.97 Å². The zero-order chi connectivity index (χ0) is 14.5. The molecule has 0 bridgehead atoms. The van der Waals surface area contributed by atoms with E-state index in [-0.39, 0.29) is 0 Å². The molecular formula is C17H17NO2. The minimum absolute atomic E-state index is 0.382. The highest BCUT2D eigenvalue weighted by atomic mass is 16.5. The molecular weight excluding hydrogens is 250 g/mol. The number of anilines is 2. The third-order valence-electron chi connectivity index (χ3n) is 2.84. The highest BCUT2D eigenvalue weighted by Crippen LogP contribution is 2.22. The lowest BCUT2D eigenvalue weighted by atomic mass is 10.2. The number of nitrogens with one attached hydrogen (secondary N) is 1. The van der Waals surface area contributed by atoms with Crippen LogP contribution in [0.2, 0.25) is 0 Å². The Morgan fingerprint density at radius 2 is 1.75 bits per heavy atom. The zero-order valence-corrected chi connectivity index (χ0v) is 11.6. The van der Waals surface area contributed by atoms with Crippen LogP contribution in [0.25, 0.3) is 0 Å². The molecule has 2 rings (SSSR count). The van der Waals surface area contributed by atoms with Gasteiger partial charge >= 0.3 is 5.97 Å². The molecule has 102 valence electrons. The van der Waals surface area contributed by atoms with Crippen molar-refractivity contribution in [3.63, 3.8) is 0 Å². The number of benzene rings is 2. The third-order valence-corrected chi connectivity index (χ3v) is 2.84. The Labute approximate surface area is 118 Å². The number of esters is 1. The van der Waals surface area contributed by atoms with Gasteiger partial charge in [0.25, 0.3) is 0 Å². The second-order valence-corrected chi connectivity index (χ2v) is 4.63. The van der Waals surface area contributed by atoms with E-state index in [2.05, 4.69) is 11.9 Å². The van der Waals surface area contributed by atoms with Gasteiger partial charge in [0.1, 0.15) is 5.75 Å². The molecule has 0 amide bonds. The average molecular weight is 267 g/mol. The minimum Gasteiger partial charge on any atom is -0.423 e. The highest BCUT2D eigenvalue weighted by molar-refractivity contribution is 5.88. The lowest BCUT2D eigenvalue weighted by molar-refractivity contribution is -0.130. The van der Waals surface area contributed by atoms with Crippen LogP contribution in [0.15, 0.2) is 60.7 Å². The number of hydrogen-bond acceptors (Lipinski definition) is 3. The molecule has 0 radical (unpaired) electrons. The molecule has 3 nitrogen and oxygen atoms in total. The van der Waals surface area contributed by atoms with Crippen LogP contribution in [0.1, 0.15) is 12.5 Å². The first-order valence-electron chi connectivity index (χ1n) is 6.36. The van der Waals surface area contributed by atoms with E-state index in [9.17, 15) is 4.79 Å². The van der Waals surface area contributed by atoms with Crippen molar-refractivity contribution >= 4 is 17.3 Å². The summed E-state index contributed by atoms with van der Waals surface area (Å²) in [7, 11) is 0. The number of carbonyl (C=O) groups excluding carboxylic acids is 1. The first-order chi connectivity index (χ1) is 9.56. The number of ether oxygens (including phenoxy) is 1. The first-order valence-corrected chi connectivity index (χ1v) is 6.36. The maximum atomic E-state index is 11.4. The molecule has 0 aliphatic carbocycles. The smallest absolute Gasteiger partial charge is 0.338 e. The third kappa shape index (κ3) is 3.48. The van der Waals surface area contributed by atoms with Gasteiger partial charge in [-0.3, -0.25) is 0 Å². The summed E-state index contributed by atoms with van der Waals surface area (Å²) in [4.78, 5) is 11.4. The fraction of sp³-hybridized carbons (Fsp3) is 0.118. The topological polar surface area (TPSA) is 38.3 Å². The summed E-state index contributed by atoms with van der Waals surface area (Å²) in [6.07, 6.45) is 0. The van der Waals surface area contributed by atoms with Crippen LogP contribution in [0, 0.1) is 6.92 Å². The van der Waals surface area contributed by atoms with Gasteiger partial charge in [-0.2, -0.15) is 0 Å². The first kappa shape index (κ1) is 13.9. The summed E-state index contributed by atoms with van der Waals surface area (Å²) >= 11 is 0. The predicted octanol–water partition coefficient (Wildman–Crippen LogP) is 4.22. The van der Waals surface area contributed by atoms with Crippen LogP contribution < -0.4 is 10.1 Å². The summed E-state index contributed by atoms with van der Waals surface area (Å²) in [5.41, 5.74) is 3.55. The van der Waals surface area contributed by atoms with Gasteiger partial charge in [-0.15, -0.1) is 0 Å². The summed E-state index contributed by atoms with van der Waals surface area (Å²) < 4.78 is 5.14. The van der Waals surface area contributed by atoms with Gasteiger partial charge in [0.05, 0.1) is 0 Å². The molecule has 0 aliphatic rings. The Hall–Kier alpha value is -2.55. The molecule has 1 N–H and O–H groups in total. The van der Waals surface area contributed by atoms with Crippen molar-refractivity contribution in [1.29, 1.82) is 0 Å². The van der Waals surface area contributed by atoms with Crippen molar-refractivity contribution in [2.24, 2.45) is 0 Å². The van der Waals surface area contributed by atoms with Gasteiger partial charge < -0.3 is 10.1 Å². The van der Waals surface area contributed by atoms with Crippen molar-refractivity contribution in [2.75, 3.05) is 5.32 Å². The van der Waals surface area contributed by atoms with Crippen molar-refractivity contribution < 1.29 is 9.53 Å². The Morgan fingerprint density at radius 1 is 1.10 bits per heavy atom. The molecule has 0 aromatic heterocycles. The largest absolute Gasteiger partial charge is 0.423 e. The summed E-state index contributed by atoms with van der Waals surface area (Å²) in [5, 5.41) is 3.32. The number of para-hydroxylation sites is 1. The molecule has 0 saturated carbocycles. The van der Waals surface area contributed by atoms with Gasteiger partial charge in [-0.1, -0.05) is 24.8 Å². The SMILES string of the molecule is C=C(C)C(=O)Oc1ccc(Nc2ccccc2C)cc1. The summed E-state index contributed by atoms with van der Waals surface area (Å²) in [6.45, 7) is 7.22. The van der Waals surface area contributed by atoms with Crippen molar-refractivity contribution in [3.05, 3.63) is 66.2 Å². The molecule has 0 unspecified atom stereocenters. The molecule has 0 fully saturated rings. The van der Waals surface area contributed by atoms with E-state index >= 15 is 0 Å². The number of rotatable bonds is 4. The van der Waals surface area contributed by atoms with Crippen molar-refractivity contribution in [2.45, 2.75) is 13.8 Å². The maximum Gasteiger partial charge on any atom is 0.338 e. The molecule has 20 heavy (non-hydrogen) atoms. The second kappa shape index (κ2) is 6.06. The van der Waals surface area contributed by atoms with Gasteiger partial charge in [0, 0.05) is 16.9 Å². The quantitative estimate of drug-likeness (QED) is 0.512. The maximum absolute atomic E-state index is 11.4. The second-order valence-electron chi connectivity index (χ2n) is 4.63. The predicted molar refractivity (Wildman–Crippen MR) is 81.4 cm³/mol. The average Bonchev–Trinajstić information content (AvgIpc) is 2.43. The standard InChI is InChI=1S/C17H17NO2/c1-12(2)17(19)20-15-10-8-14(9-11-15)18-16-7-5-4-6-13(16)3/h4-11,18H,1H2,2-3H3. The molecule has 0 aliphatic heterocycles. The number of carbonyl (C=O) groups is 1. The van der Waals surface area contributed by atoms with Crippen LogP contribution in [0.3, 0.4) is 0 Å². The Bertz CT molecular complexity index is 630. The van der Waals surface area contributed by atoms with Gasteiger partial charge in [0.2, 0.25) is 0 Å². The molecule has 3 heteroatoms. The molecule has 0 spiro atoms. The zero-order valence-electron chi connectivity index (χ0n) is 11.6. The van der Waals surface area contributed by atoms with Gasteiger partial charge in [-0.25, -0.2) is 4.79 Å². The highest BCUT2D eigenvalue weighted by Gasteiger charge is 2.05. The molecule has 2 aromatic carbocycles. The van der Waals surface area contributed by atoms with E-state index in [1.165, 1.54) is 5.56 Å². The van der Waals surface area contributed by atoms with Crippen molar-refractivity contribution in [3.8, 4) is 5.75 Å². The fourth-order valence-electron chi connectivity index (χ4n) is 1.67. The lowest BCUT2D eigenvalue weighted by Gasteiger charge is -2.10. The molecule has 0 saturated heterocycles. The normalized spacial score (nSPS) is 9.90. The van der Waals surface area contributed by atoms with Crippen LogP contribution in [-0.2, 0) is 4.79 Å². The minimum atomic E-state index is -0.412. The Balaban J connectivity index is 2.07. The van der Waals surface area contributed by atoms with Crippen LogP contribution in [0.4, 0.5) is 11.4 Å². The van der Waals surface area contributed by atoms with Crippen LogP contribution >= 0.6 is 0 Å². The van der Waals surface area contributed by atoms with Gasteiger partial charge in [-0.05, 0) is 49.7 Å². The van der Waals surface area contributed by atoms with Crippen molar-refractivity contribution in [1.82, 2.24) is 0 Å². The Kier molecular flexibility index (Phi) is 4.20. The van der Waals surface area contributed by atoms with E-state index in [0.717, 1.165) is 11.4 Å². The van der Waals surface area contributed by atoms with E-state index < -0.39 is 5.97 Å². The number of hydrogen-bond donors (Lipinski definition) is 1. The van der Waals surface area contributed by atoms with E-state index in [1.807, 2.05) is 43.3 Å². The molecule has 0 heterocycles. The van der Waals surface area contributed by atoms with Crippen LogP contribution in [0.5, 0.6) is 5.75 Å². The van der Waals surface area contributed by atoms with E-state index in [0.29, 0.717) is 11.3 Å².